The van der Waals surface area contributed by atoms with E-state index < -0.39 is 0 Å². The van der Waals surface area contributed by atoms with Gasteiger partial charge in [-0.05, 0) is 47.2 Å². The van der Waals surface area contributed by atoms with Crippen molar-refractivity contribution in [2.75, 3.05) is 0 Å². The van der Waals surface area contributed by atoms with E-state index in [2.05, 4.69) is 46.4 Å². The van der Waals surface area contributed by atoms with Crippen LogP contribution in [-0.4, -0.2) is 19.9 Å². The van der Waals surface area contributed by atoms with Gasteiger partial charge < -0.3 is 8.83 Å². The fourth-order valence-corrected chi connectivity index (χ4v) is 3.71. The molecular weight excluding hydrogens is 400 g/mol. The predicted octanol–water partition coefficient (Wildman–Crippen LogP) is 6.27. The van der Waals surface area contributed by atoms with E-state index in [1.165, 1.54) is 12.8 Å². The second-order valence-corrected chi connectivity index (χ2v) is 7.32. The number of fused-ring (bicyclic) bond motifs is 1. The molecular formula is C26H16N4O2. The number of pyridine rings is 2. The molecule has 6 rings (SSSR count). The molecule has 0 saturated carbocycles. The highest BCUT2D eigenvalue weighted by Crippen LogP contribution is 2.29. The molecule has 0 radical (unpaired) electrons. The topological polar surface area (TPSA) is 77.8 Å². The second kappa shape index (κ2) is 7.59. The summed E-state index contributed by atoms with van der Waals surface area (Å²) in [7, 11) is 0. The minimum Gasteiger partial charge on any atom is -0.442 e. The van der Waals surface area contributed by atoms with E-state index in [0.717, 1.165) is 44.7 Å². The van der Waals surface area contributed by atoms with Crippen molar-refractivity contribution in [1.82, 2.24) is 19.9 Å². The van der Waals surface area contributed by atoms with Crippen LogP contribution in [0, 0.1) is 0 Å². The fraction of sp³-hybridized carbons (Fsp3) is 0. The van der Waals surface area contributed by atoms with Gasteiger partial charge in [0.15, 0.2) is 24.3 Å². The normalized spacial score (nSPS) is 11.1. The van der Waals surface area contributed by atoms with E-state index in [4.69, 9.17) is 18.8 Å². The molecule has 6 aromatic rings. The van der Waals surface area contributed by atoms with Gasteiger partial charge in [0.1, 0.15) is 11.4 Å². The minimum atomic E-state index is 0.650. The summed E-state index contributed by atoms with van der Waals surface area (Å²) in [6, 6.07) is 24.4. The molecule has 0 amide bonds. The summed E-state index contributed by atoms with van der Waals surface area (Å²) in [5, 5.41) is 2.26. The lowest BCUT2D eigenvalue weighted by atomic mass is 10.0. The van der Waals surface area contributed by atoms with Crippen LogP contribution in [0.1, 0.15) is 0 Å². The monoisotopic (exact) mass is 416 g/mol. The third-order valence-electron chi connectivity index (χ3n) is 5.30. The van der Waals surface area contributed by atoms with Gasteiger partial charge >= 0.3 is 0 Å². The smallest absolute Gasteiger partial charge is 0.181 e. The van der Waals surface area contributed by atoms with Crippen molar-refractivity contribution in [2.24, 2.45) is 0 Å². The summed E-state index contributed by atoms with van der Waals surface area (Å²) in [4.78, 5) is 17.4. The van der Waals surface area contributed by atoms with Crippen molar-refractivity contribution in [3.8, 4) is 45.4 Å². The van der Waals surface area contributed by atoms with E-state index in [-0.39, 0.29) is 0 Å². The minimum absolute atomic E-state index is 0.650. The third kappa shape index (κ3) is 3.33. The lowest BCUT2D eigenvalue weighted by molar-refractivity contribution is 0.569. The third-order valence-corrected chi connectivity index (χ3v) is 5.30. The molecule has 6 heteroatoms. The number of nitrogens with zero attached hydrogens (tertiary/aromatic N) is 4. The maximum Gasteiger partial charge on any atom is 0.181 e. The summed E-state index contributed by atoms with van der Waals surface area (Å²) in [6.07, 6.45) is 6.15. The van der Waals surface area contributed by atoms with Crippen LogP contribution in [0.2, 0.25) is 0 Å². The Hall–Kier alpha value is -4.58. The second-order valence-electron chi connectivity index (χ2n) is 7.32. The van der Waals surface area contributed by atoms with Gasteiger partial charge in [-0.3, -0.25) is 0 Å². The molecule has 6 nitrogen and oxygen atoms in total. The molecule has 0 spiro atoms. The van der Waals surface area contributed by atoms with Crippen molar-refractivity contribution in [1.29, 1.82) is 0 Å². The van der Waals surface area contributed by atoms with E-state index in [1.807, 2.05) is 36.4 Å². The summed E-state index contributed by atoms with van der Waals surface area (Å²) in [5.74, 6) is 1.30. The maximum absolute atomic E-state index is 5.38. The van der Waals surface area contributed by atoms with Crippen LogP contribution in [0.25, 0.3) is 56.2 Å². The molecule has 0 saturated heterocycles. The lowest BCUT2D eigenvalue weighted by Gasteiger charge is -2.08. The average molecular weight is 416 g/mol. The molecule has 0 aliphatic heterocycles. The average Bonchev–Trinajstić information content (AvgIpc) is 3.59. The molecule has 0 fully saturated rings. The quantitative estimate of drug-likeness (QED) is 0.337. The van der Waals surface area contributed by atoms with Crippen LogP contribution in [0.3, 0.4) is 0 Å². The summed E-state index contributed by atoms with van der Waals surface area (Å²) in [6.45, 7) is 0. The zero-order chi connectivity index (χ0) is 21.3. The van der Waals surface area contributed by atoms with Gasteiger partial charge in [0.2, 0.25) is 0 Å². The van der Waals surface area contributed by atoms with E-state index in [9.17, 15) is 0 Å². The summed E-state index contributed by atoms with van der Waals surface area (Å²) >= 11 is 0. The largest absolute Gasteiger partial charge is 0.442 e. The van der Waals surface area contributed by atoms with Crippen molar-refractivity contribution in [3.05, 3.63) is 98.0 Å². The van der Waals surface area contributed by atoms with Crippen LogP contribution in [-0.2, 0) is 0 Å². The number of hydrogen-bond donors (Lipinski definition) is 0. The molecule has 0 atom stereocenters. The summed E-state index contributed by atoms with van der Waals surface area (Å²) < 4.78 is 10.8. The van der Waals surface area contributed by atoms with Crippen LogP contribution < -0.4 is 0 Å². The van der Waals surface area contributed by atoms with E-state index >= 15 is 0 Å². The Morgan fingerprint density at radius 2 is 0.969 bits per heavy atom. The maximum atomic E-state index is 5.38. The molecule has 0 aliphatic carbocycles. The molecule has 152 valence electrons. The van der Waals surface area contributed by atoms with Gasteiger partial charge in [-0.15, -0.1) is 0 Å². The van der Waals surface area contributed by atoms with Gasteiger partial charge in [-0.1, -0.05) is 36.4 Å². The van der Waals surface area contributed by atoms with Crippen LogP contribution in [0.5, 0.6) is 0 Å². The molecule has 0 unspecified atom stereocenters. The zero-order valence-electron chi connectivity index (χ0n) is 16.8. The highest BCUT2D eigenvalue weighted by Gasteiger charge is 2.09. The molecule has 4 aromatic heterocycles. The van der Waals surface area contributed by atoms with Gasteiger partial charge in [-0.25, -0.2) is 19.9 Å². The van der Waals surface area contributed by atoms with E-state index in [1.54, 1.807) is 12.4 Å². The first kappa shape index (κ1) is 18.2. The molecule has 2 aromatic carbocycles. The number of hydrogen-bond acceptors (Lipinski definition) is 6. The molecule has 4 heterocycles. The first-order chi connectivity index (χ1) is 15.8. The molecule has 0 aliphatic rings. The van der Waals surface area contributed by atoms with Crippen molar-refractivity contribution in [3.63, 3.8) is 0 Å². The summed E-state index contributed by atoms with van der Waals surface area (Å²) in [5.41, 5.74) is 5.35. The van der Waals surface area contributed by atoms with Gasteiger partial charge in [0.25, 0.3) is 0 Å². The highest BCUT2D eigenvalue weighted by molar-refractivity contribution is 5.90. The number of benzene rings is 2. The Morgan fingerprint density at radius 3 is 1.41 bits per heavy atom. The van der Waals surface area contributed by atoms with E-state index in [0.29, 0.717) is 11.5 Å². The standard InChI is InChI=1S/C26H16N4O2/c1-3-21(29-23(5-1)25-13-27-15-31-25)19-9-7-18-12-20(10-8-17(18)11-19)22-4-2-6-24(30-22)26-14-28-16-32-26/h1-16H. The Balaban J connectivity index is 1.36. The molecule has 0 N–H and O–H groups in total. The molecule has 0 bridgehead atoms. The van der Waals surface area contributed by atoms with Gasteiger partial charge in [0.05, 0.1) is 23.8 Å². The molecule has 32 heavy (non-hydrogen) atoms. The number of aromatic nitrogens is 4. The Labute approximate surface area is 183 Å². The van der Waals surface area contributed by atoms with Crippen LogP contribution >= 0.6 is 0 Å². The van der Waals surface area contributed by atoms with Gasteiger partial charge in [-0.2, -0.15) is 0 Å². The zero-order valence-corrected chi connectivity index (χ0v) is 16.8. The van der Waals surface area contributed by atoms with Crippen LogP contribution in [0.15, 0.2) is 107 Å². The Morgan fingerprint density at radius 1 is 0.500 bits per heavy atom. The fourth-order valence-electron chi connectivity index (χ4n) is 3.71. The van der Waals surface area contributed by atoms with Crippen molar-refractivity contribution < 1.29 is 8.83 Å². The highest BCUT2D eigenvalue weighted by atomic mass is 16.3. The van der Waals surface area contributed by atoms with Crippen molar-refractivity contribution in [2.45, 2.75) is 0 Å². The van der Waals surface area contributed by atoms with Gasteiger partial charge in [0, 0.05) is 11.1 Å². The SMILES string of the molecule is c1cc(-c2ccc3cc(-c4cccc(-c5cnco5)n4)ccc3c2)nc(-c2cnco2)c1. The first-order valence-electron chi connectivity index (χ1n) is 10.1. The lowest BCUT2D eigenvalue weighted by Crippen LogP contribution is -1.88. The Bertz CT molecular complexity index is 1410. The predicted molar refractivity (Wildman–Crippen MR) is 121 cm³/mol. The van der Waals surface area contributed by atoms with Crippen LogP contribution in [0.4, 0.5) is 0 Å². The number of oxazole rings is 2. The van der Waals surface area contributed by atoms with Crippen molar-refractivity contribution >= 4 is 10.8 Å². The number of rotatable bonds is 4. The first-order valence-corrected chi connectivity index (χ1v) is 10.1. The Kier molecular flexibility index (Phi) is 4.32.